The van der Waals surface area contributed by atoms with Gasteiger partial charge in [-0.05, 0) is 37.3 Å². The Bertz CT molecular complexity index is 563. The summed E-state index contributed by atoms with van der Waals surface area (Å²) in [6, 6.07) is 3.27. The van der Waals surface area contributed by atoms with Gasteiger partial charge in [0, 0.05) is 11.3 Å². The van der Waals surface area contributed by atoms with Gasteiger partial charge < -0.3 is 5.73 Å². The summed E-state index contributed by atoms with van der Waals surface area (Å²) in [5, 5.41) is 0.268. The minimum atomic E-state index is -3.77. The van der Waals surface area contributed by atoms with Crippen LogP contribution in [0.3, 0.4) is 0 Å². The molecule has 0 saturated heterocycles. The second-order valence-corrected chi connectivity index (χ2v) is 7.37. The van der Waals surface area contributed by atoms with Gasteiger partial charge in [0.25, 0.3) is 0 Å². The zero-order chi connectivity index (χ0) is 14.0. The molecule has 0 amide bonds. The highest BCUT2D eigenvalue weighted by molar-refractivity contribution is 7.99. The zero-order valence-corrected chi connectivity index (χ0v) is 12.2. The lowest BCUT2D eigenvalue weighted by atomic mass is 10.3. The van der Waals surface area contributed by atoms with Crippen LogP contribution in [0.5, 0.6) is 0 Å². The summed E-state index contributed by atoms with van der Waals surface area (Å²) >= 11 is 1.65. The largest absolute Gasteiger partial charge is 0.398 e. The molecule has 1 aromatic rings. The molecule has 2 atom stereocenters. The van der Waals surface area contributed by atoms with Crippen LogP contribution in [0, 0.1) is 5.82 Å². The molecule has 1 saturated carbocycles. The maximum Gasteiger partial charge on any atom is 0.243 e. The Morgan fingerprint density at radius 3 is 2.84 bits per heavy atom. The summed E-state index contributed by atoms with van der Waals surface area (Å²) in [6.45, 7) is 0. The summed E-state index contributed by atoms with van der Waals surface area (Å²) < 4.78 is 40.3. The van der Waals surface area contributed by atoms with E-state index in [4.69, 9.17) is 5.73 Å². The van der Waals surface area contributed by atoms with Crippen LogP contribution < -0.4 is 10.5 Å². The number of nitrogens with one attached hydrogen (secondary N) is 1. The number of sulfonamides is 1. The van der Waals surface area contributed by atoms with Crippen LogP contribution in [-0.4, -0.2) is 26.0 Å². The normalized spacial score (nSPS) is 23.7. The van der Waals surface area contributed by atoms with E-state index in [0.29, 0.717) is 0 Å². The van der Waals surface area contributed by atoms with Crippen molar-refractivity contribution in [2.45, 2.75) is 35.4 Å². The zero-order valence-electron chi connectivity index (χ0n) is 10.6. The van der Waals surface area contributed by atoms with Crippen LogP contribution >= 0.6 is 11.8 Å². The lowest BCUT2D eigenvalue weighted by Crippen LogP contribution is -2.38. The molecule has 4 nitrogen and oxygen atoms in total. The van der Waals surface area contributed by atoms with Crippen LogP contribution in [0.4, 0.5) is 10.1 Å². The van der Waals surface area contributed by atoms with Gasteiger partial charge >= 0.3 is 0 Å². The number of halogens is 1. The number of rotatable bonds is 4. The van der Waals surface area contributed by atoms with Crippen LogP contribution in [0.25, 0.3) is 0 Å². The minimum absolute atomic E-state index is 0.0626. The van der Waals surface area contributed by atoms with Gasteiger partial charge in [0.2, 0.25) is 10.0 Å². The first-order valence-corrected chi connectivity index (χ1v) is 8.81. The first kappa shape index (κ1) is 14.6. The fourth-order valence-corrected chi connectivity index (χ4v) is 4.82. The molecule has 1 aliphatic rings. The second-order valence-electron chi connectivity index (χ2n) is 4.61. The summed E-state index contributed by atoms with van der Waals surface area (Å²) in [7, 11) is -3.77. The van der Waals surface area contributed by atoms with Gasteiger partial charge in [-0.2, -0.15) is 11.8 Å². The van der Waals surface area contributed by atoms with Crippen molar-refractivity contribution in [2.24, 2.45) is 0 Å². The molecule has 0 bridgehead atoms. The molecule has 1 fully saturated rings. The Hall–Kier alpha value is -0.790. The Morgan fingerprint density at radius 1 is 1.42 bits per heavy atom. The van der Waals surface area contributed by atoms with Crippen LogP contribution in [0.2, 0.25) is 0 Å². The number of thioether (sulfide) groups is 1. The van der Waals surface area contributed by atoms with Crippen molar-refractivity contribution in [3.63, 3.8) is 0 Å². The van der Waals surface area contributed by atoms with Gasteiger partial charge in [0.05, 0.1) is 5.69 Å². The third kappa shape index (κ3) is 3.21. The van der Waals surface area contributed by atoms with E-state index in [1.165, 1.54) is 6.07 Å². The van der Waals surface area contributed by atoms with Crippen molar-refractivity contribution in [3.8, 4) is 0 Å². The molecular formula is C12H17FN2O2S2. The summed E-state index contributed by atoms with van der Waals surface area (Å²) in [5.74, 6) is -0.609. The number of nitrogens with two attached hydrogens (primary N) is 1. The Labute approximate surface area is 117 Å². The maximum atomic E-state index is 13.2. The monoisotopic (exact) mass is 304 g/mol. The van der Waals surface area contributed by atoms with Gasteiger partial charge in [-0.3, -0.25) is 0 Å². The van der Waals surface area contributed by atoms with Crippen molar-refractivity contribution >= 4 is 27.5 Å². The lowest BCUT2D eigenvalue weighted by molar-refractivity contribution is 0.553. The van der Waals surface area contributed by atoms with E-state index in [9.17, 15) is 12.8 Å². The molecule has 0 radical (unpaired) electrons. The van der Waals surface area contributed by atoms with Crippen LogP contribution in [0.1, 0.15) is 19.3 Å². The lowest BCUT2D eigenvalue weighted by Gasteiger charge is -2.19. The average molecular weight is 304 g/mol. The summed E-state index contributed by atoms with van der Waals surface area (Å²) in [6.07, 6.45) is 4.76. The maximum absolute atomic E-state index is 13.2. The fourth-order valence-electron chi connectivity index (χ4n) is 2.35. The van der Waals surface area contributed by atoms with Gasteiger partial charge in [0.1, 0.15) is 10.7 Å². The van der Waals surface area contributed by atoms with Crippen LogP contribution in [-0.2, 0) is 10.0 Å². The Kier molecular flexibility index (Phi) is 4.37. The van der Waals surface area contributed by atoms with E-state index in [2.05, 4.69) is 4.72 Å². The van der Waals surface area contributed by atoms with E-state index in [1.54, 1.807) is 11.8 Å². The number of nitrogen functional groups attached to an aromatic ring is 1. The molecular weight excluding hydrogens is 287 g/mol. The third-order valence-corrected chi connectivity index (χ3v) is 6.04. The molecule has 106 valence electrons. The SMILES string of the molecule is CSC1CCCC1NS(=O)(=O)c1cc(F)ccc1N. The van der Waals surface area contributed by atoms with Crippen molar-refractivity contribution in [1.29, 1.82) is 0 Å². The molecule has 1 aromatic carbocycles. The van der Waals surface area contributed by atoms with E-state index >= 15 is 0 Å². The standard InChI is InChI=1S/C12H17FN2O2S2/c1-18-11-4-2-3-10(11)15-19(16,17)12-7-8(13)5-6-9(12)14/h5-7,10-11,15H,2-4,14H2,1H3. The molecule has 0 aromatic heterocycles. The molecule has 1 aliphatic carbocycles. The second kappa shape index (κ2) is 5.68. The fraction of sp³-hybridized carbons (Fsp3) is 0.500. The topological polar surface area (TPSA) is 72.2 Å². The number of hydrogen-bond donors (Lipinski definition) is 2. The van der Waals surface area contributed by atoms with Crippen molar-refractivity contribution in [2.75, 3.05) is 12.0 Å². The van der Waals surface area contributed by atoms with E-state index in [0.717, 1.165) is 31.4 Å². The smallest absolute Gasteiger partial charge is 0.243 e. The average Bonchev–Trinajstić information content (AvgIpc) is 2.78. The molecule has 2 rings (SSSR count). The highest BCUT2D eigenvalue weighted by Crippen LogP contribution is 2.30. The van der Waals surface area contributed by atoms with Gasteiger partial charge in [0.15, 0.2) is 0 Å². The predicted molar refractivity (Wildman–Crippen MR) is 76.1 cm³/mol. The van der Waals surface area contributed by atoms with E-state index in [-0.39, 0.29) is 21.9 Å². The van der Waals surface area contributed by atoms with Crippen molar-refractivity contribution in [1.82, 2.24) is 4.72 Å². The van der Waals surface area contributed by atoms with Gasteiger partial charge in [-0.25, -0.2) is 17.5 Å². The van der Waals surface area contributed by atoms with Crippen molar-refractivity contribution < 1.29 is 12.8 Å². The molecule has 0 heterocycles. The molecule has 7 heteroatoms. The van der Waals surface area contributed by atoms with Gasteiger partial charge in [-0.1, -0.05) is 6.42 Å². The molecule has 3 N–H and O–H groups in total. The summed E-state index contributed by atoms with van der Waals surface area (Å²) in [5.41, 5.74) is 5.69. The molecule has 19 heavy (non-hydrogen) atoms. The highest BCUT2D eigenvalue weighted by Gasteiger charge is 2.31. The van der Waals surface area contributed by atoms with E-state index in [1.807, 2.05) is 6.26 Å². The van der Waals surface area contributed by atoms with Crippen molar-refractivity contribution in [3.05, 3.63) is 24.0 Å². The number of hydrogen-bond acceptors (Lipinski definition) is 4. The number of benzene rings is 1. The Morgan fingerprint density at radius 2 is 2.16 bits per heavy atom. The first-order chi connectivity index (χ1) is 8.94. The molecule has 0 aliphatic heterocycles. The predicted octanol–water partition coefficient (Wildman–Crippen LogP) is 1.97. The van der Waals surface area contributed by atoms with Crippen LogP contribution in [0.15, 0.2) is 23.1 Å². The summed E-state index contributed by atoms with van der Waals surface area (Å²) in [4.78, 5) is -0.181. The number of anilines is 1. The third-order valence-electron chi connectivity index (χ3n) is 3.33. The quantitative estimate of drug-likeness (QED) is 0.834. The highest BCUT2D eigenvalue weighted by atomic mass is 32.2. The van der Waals surface area contributed by atoms with Gasteiger partial charge in [-0.15, -0.1) is 0 Å². The minimum Gasteiger partial charge on any atom is -0.398 e. The molecule has 2 unspecified atom stereocenters. The molecule has 0 spiro atoms. The Balaban J connectivity index is 2.25. The first-order valence-electron chi connectivity index (χ1n) is 6.04. The van der Waals surface area contributed by atoms with E-state index < -0.39 is 15.8 Å².